The van der Waals surface area contributed by atoms with Crippen molar-refractivity contribution >= 4 is 11.6 Å². The van der Waals surface area contributed by atoms with Gasteiger partial charge in [0.2, 0.25) is 0 Å². The largest absolute Gasteiger partial charge is 0.295 e. The van der Waals surface area contributed by atoms with E-state index in [1.54, 1.807) is 0 Å². The Morgan fingerprint density at radius 2 is 1.87 bits per heavy atom. The number of hydrogen-bond acceptors (Lipinski definition) is 2. The van der Waals surface area contributed by atoms with Crippen molar-refractivity contribution in [1.29, 1.82) is 0 Å². The molecule has 9 atom stereocenters. The maximum atomic E-state index is 12.6. The van der Waals surface area contributed by atoms with Crippen molar-refractivity contribution in [1.82, 2.24) is 0 Å². The van der Waals surface area contributed by atoms with Gasteiger partial charge in [-0.25, -0.2) is 0 Å². The summed E-state index contributed by atoms with van der Waals surface area (Å²) < 4.78 is 0. The van der Waals surface area contributed by atoms with Crippen molar-refractivity contribution in [2.24, 2.45) is 51.2 Å². The van der Waals surface area contributed by atoms with E-state index in [2.05, 4.69) is 33.8 Å². The van der Waals surface area contributed by atoms with E-state index in [9.17, 15) is 9.59 Å². The lowest BCUT2D eigenvalue weighted by atomic mass is 9.43. The van der Waals surface area contributed by atoms with Crippen molar-refractivity contribution < 1.29 is 9.59 Å². The Balaban J connectivity index is 1.43. The highest BCUT2D eigenvalue weighted by Crippen LogP contribution is 2.87. The fourth-order valence-corrected chi connectivity index (χ4v) is 10.1. The van der Waals surface area contributed by atoms with Crippen molar-refractivity contribution in [3.63, 3.8) is 0 Å². The van der Waals surface area contributed by atoms with Gasteiger partial charge in [0.25, 0.3) is 0 Å². The Kier molecular flexibility index (Phi) is 4.66. The molecule has 2 nitrogen and oxygen atoms in total. The predicted molar refractivity (Wildman–Crippen MR) is 125 cm³/mol. The van der Waals surface area contributed by atoms with Gasteiger partial charge in [-0.15, -0.1) is 0 Å². The molecule has 0 heterocycles. The van der Waals surface area contributed by atoms with Crippen molar-refractivity contribution in [3.05, 3.63) is 23.8 Å². The molecule has 31 heavy (non-hydrogen) atoms. The van der Waals surface area contributed by atoms with E-state index in [-0.39, 0.29) is 5.92 Å². The van der Waals surface area contributed by atoms with Gasteiger partial charge in [-0.1, -0.05) is 39.3 Å². The first-order chi connectivity index (χ1) is 14.5. The van der Waals surface area contributed by atoms with Crippen LogP contribution in [0, 0.1) is 51.2 Å². The van der Waals surface area contributed by atoms with Gasteiger partial charge in [-0.2, -0.15) is 0 Å². The Hall–Kier alpha value is -1.18. The van der Waals surface area contributed by atoms with Crippen LogP contribution < -0.4 is 0 Å². The standard InChI is InChI=1S/C29H42O2/c1-18(2)15-21(30)16-19(3)22-9-11-27(6)25-8-7-23-20(4)24(31)10-12-28(23)17-29(25,28)14-13-26(22,27)5/h10,12,15,19-20,22-23,25H,7-9,11,13-14,16-17H2,1-6H3/t19-,20+,22-,23+,25+,26-,27+,28-,29+/m1/s1. The van der Waals surface area contributed by atoms with E-state index in [0.29, 0.717) is 57.4 Å². The molecule has 2 heteroatoms. The molecule has 0 radical (unpaired) electrons. The molecule has 0 aromatic heterocycles. The van der Waals surface area contributed by atoms with E-state index in [1.165, 1.54) is 44.9 Å². The molecule has 0 bridgehead atoms. The number of ketones is 2. The molecule has 0 saturated heterocycles. The topological polar surface area (TPSA) is 34.1 Å². The number of allylic oxidation sites excluding steroid dienone is 4. The van der Waals surface area contributed by atoms with Gasteiger partial charge in [-0.3, -0.25) is 9.59 Å². The van der Waals surface area contributed by atoms with Crippen molar-refractivity contribution in [3.8, 4) is 0 Å². The number of hydrogen-bond donors (Lipinski definition) is 0. The molecule has 5 aliphatic rings. The Morgan fingerprint density at radius 3 is 2.58 bits per heavy atom. The minimum absolute atomic E-state index is 0.212. The number of carbonyl (C=O) groups is 2. The molecule has 0 aliphatic heterocycles. The lowest BCUT2D eigenvalue weighted by molar-refractivity contribution is -0.134. The first-order valence-electron chi connectivity index (χ1n) is 12.9. The highest BCUT2D eigenvalue weighted by molar-refractivity contribution is 5.93. The normalized spacial score (nSPS) is 50.6. The summed E-state index contributed by atoms with van der Waals surface area (Å²) in [6.07, 6.45) is 16.0. The summed E-state index contributed by atoms with van der Waals surface area (Å²) in [7, 11) is 0. The molecule has 0 N–H and O–H groups in total. The van der Waals surface area contributed by atoms with Gasteiger partial charge in [-0.05, 0) is 116 Å². The summed E-state index contributed by atoms with van der Waals surface area (Å²) in [5, 5.41) is 0. The molecule has 0 amide bonds. The average molecular weight is 423 g/mol. The summed E-state index contributed by atoms with van der Waals surface area (Å²) in [4.78, 5) is 25.0. The third-order valence-corrected chi connectivity index (χ3v) is 11.7. The van der Waals surface area contributed by atoms with E-state index in [1.807, 2.05) is 26.0 Å². The quantitative estimate of drug-likeness (QED) is 0.460. The summed E-state index contributed by atoms with van der Waals surface area (Å²) in [5.41, 5.74) is 2.59. The van der Waals surface area contributed by atoms with Crippen LogP contribution >= 0.6 is 0 Å². The second-order valence-corrected chi connectivity index (χ2v) is 13.0. The minimum Gasteiger partial charge on any atom is -0.295 e. The van der Waals surface area contributed by atoms with Crippen LogP contribution in [0.3, 0.4) is 0 Å². The van der Waals surface area contributed by atoms with Crippen LogP contribution in [-0.2, 0) is 9.59 Å². The summed E-state index contributed by atoms with van der Waals surface area (Å²) in [5.74, 6) is 3.35. The molecular formula is C29H42O2. The zero-order valence-corrected chi connectivity index (χ0v) is 20.6. The molecule has 170 valence electrons. The van der Waals surface area contributed by atoms with Crippen LogP contribution in [0.2, 0.25) is 0 Å². The fourth-order valence-electron chi connectivity index (χ4n) is 10.1. The third-order valence-electron chi connectivity index (χ3n) is 11.7. The lowest BCUT2D eigenvalue weighted by Gasteiger charge is -2.61. The predicted octanol–water partition coefficient (Wildman–Crippen LogP) is 6.94. The van der Waals surface area contributed by atoms with E-state index < -0.39 is 0 Å². The van der Waals surface area contributed by atoms with Crippen molar-refractivity contribution in [2.75, 3.05) is 0 Å². The molecule has 5 aliphatic carbocycles. The third kappa shape index (κ3) is 2.63. The summed E-state index contributed by atoms with van der Waals surface area (Å²) >= 11 is 0. The zero-order valence-electron chi connectivity index (χ0n) is 20.6. The maximum Gasteiger partial charge on any atom is 0.158 e. The van der Waals surface area contributed by atoms with Crippen molar-refractivity contribution in [2.45, 2.75) is 92.9 Å². The molecule has 0 unspecified atom stereocenters. The highest BCUT2D eigenvalue weighted by Gasteiger charge is 2.80. The van der Waals surface area contributed by atoms with Gasteiger partial charge in [0.05, 0.1) is 0 Å². The lowest BCUT2D eigenvalue weighted by Crippen LogP contribution is -2.55. The average Bonchev–Trinajstić information content (AvgIpc) is 3.27. The maximum absolute atomic E-state index is 12.6. The van der Waals surface area contributed by atoms with Crippen LogP contribution in [0.5, 0.6) is 0 Å². The number of fused-ring (bicyclic) bond motifs is 2. The molecule has 5 rings (SSSR count). The van der Waals surface area contributed by atoms with E-state index >= 15 is 0 Å². The monoisotopic (exact) mass is 422 g/mol. The first kappa shape index (κ1) is 21.7. The fraction of sp³-hybridized carbons (Fsp3) is 0.793. The van der Waals surface area contributed by atoms with Crippen LogP contribution in [0.25, 0.3) is 0 Å². The molecule has 0 aromatic rings. The van der Waals surface area contributed by atoms with Gasteiger partial charge in [0.1, 0.15) is 0 Å². The zero-order chi connectivity index (χ0) is 22.4. The molecule has 0 aromatic carbocycles. The molecule has 4 fully saturated rings. The summed E-state index contributed by atoms with van der Waals surface area (Å²) in [6, 6.07) is 0. The second-order valence-electron chi connectivity index (χ2n) is 13.0. The van der Waals surface area contributed by atoms with Crippen LogP contribution in [-0.4, -0.2) is 11.6 Å². The summed E-state index contributed by atoms with van der Waals surface area (Å²) in [6.45, 7) is 13.8. The van der Waals surface area contributed by atoms with Gasteiger partial charge >= 0.3 is 0 Å². The van der Waals surface area contributed by atoms with Gasteiger partial charge < -0.3 is 0 Å². The first-order valence-corrected chi connectivity index (χ1v) is 12.9. The Bertz CT molecular complexity index is 877. The van der Waals surface area contributed by atoms with Crippen LogP contribution in [0.1, 0.15) is 92.9 Å². The smallest absolute Gasteiger partial charge is 0.158 e. The molecule has 2 spiro atoms. The van der Waals surface area contributed by atoms with Gasteiger partial charge in [0.15, 0.2) is 11.6 Å². The van der Waals surface area contributed by atoms with Crippen LogP contribution in [0.15, 0.2) is 23.8 Å². The Morgan fingerprint density at radius 1 is 1.13 bits per heavy atom. The SMILES string of the molecule is CC(C)=CC(=O)C[C@@H](C)[C@H]1CC[C@@]2(C)[C@@H]3CC[C@H]4[C@H](C)C(=O)C=C[C@@]45C[C@@]35CC[C@]12C. The van der Waals surface area contributed by atoms with Gasteiger partial charge in [0, 0.05) is 12.3 Å². The number of rotatable bonds is 4. The Labute approximate surface area is 189 Å². The van der Waals surface area contributed by atoms with Crippen LogP contribution in [0.4, 0.5) is 0 Å². The minimum atomic E-state index is 0.212. The second kappa shape index (κ2) is 6.67. The van der Waals surface area contributed by atoms with E-state index in [4.69, 9.17) is 0 Å². The number of carbonyl (C=O) groups excluding carboxylic acids is 2. The molecule has 4 saturated carbocycles. The molecular weight excluding hydrogens is 380 g/mol. The van der Waals surface area contributed by atoms with E-state index in [0.717, 1.165) is 11.5 Å². The highest BCUT2D eigenvalue weighted by atomic mass is 16.1.